The Bertz CT molecular complexity index is 383. The third kappa shape index (κ3) is 3.22. The van der Waals surface area contributed by atoms with Gasteiger partial charge in [0.2, 0.25) is 0 Å². The molecule has 0 bridgehead atoms. The van der Waals surface area contributed by atoms with Crippen LogP contribution in [-0.4, -0.2) is 16.6 Å². The third-order valence-electron chi connectivity index (χ3n) is 1.99. The Balaban J connectivity index is 2.83. The van der Waals surface area contributed by atoms with Crippen molar-refractivity contribution in [2.75, 3.05) is 5.32 Å². The zero-order valence-corrected chi connectivity index (χ0v) is 9.72. The second-order valence-electron chi connectivity index (χ2n) is 3.98. The molecule has 2 N–H and O–H groups in total. The number of hydrogen-bond acceptors (Lipinski definition) is 2. The molecule has 0 atom stereocenters. The molecule has 0 heterocycles. The number of carbonyl (C=O) groups excluding carboxylic acids is 1. The van der Waals surface area contributed by atoms with E-state index in [1.54, 1.807) is 12.1 Å². The van der Waals surface area contributed by atoms with Crippen LogP contribution in [0.5, 0.6) is 0 Å². The number of rotatable bonds is 2. The number of hydrogen-bond donors (Lipinski definition) is 2. The molecule has 1 amide bonds. The third-order valence-corrected chi connectivity index (χ3v) is 2.39. The van der Waals surface area contributed by atoms with Gasteiger partial charge in [0.25, 0.3) is 5.91 Å². The fraction of sp³-hybridized carbons (Fsp3) is 0.364. The van der Waals surface area contributed by atoms with Crippen molar-refractivity contribution in [2.24, 2.45) is 0 Å². The summed E-state index contributed by atoms with van der Waals surface area (Å²) < 4.78 is 0. The maximum absolute atomic E-state index is 11.4. The highest BCUT2D eigenvalue weighted by molar-refractivity contribution is 6.31. The molecule has 0 aliphatic rings. The van der Waals surface area contributed by atoms with E-state index in [4.69, 9.17) is 11.6 Å². The van der Waals surface area contributed by atoms with Gasteiger partial charge in [0.15, 0.2) is 0 Å². The number of carbonyl (C=O) groups is 1. The van der Waals surface area contributed by atoms with E-state index >= 15 is 0 Å². The minimum atomic E-state index is -1.39. The van der Waals surface area contributed by atoms with Gasteiger partial charge in [-0.25, -0.2) is 0 Å². The molecule has 0 radical (unpaired) electrons. The number of amides is 1. The van der Waals surface area contributed by atoms with Gasteiger partial charge < -0.3 is 10.4 Å². The maximum Gasteiger partial charge on any atom is 0.255 e. The summed E-state index contributed by atoms with van der Waals surface area (Å²) in [6.07, 6.45) is 0. The van der Waals surface area contributed by atoms with Gasteiger partial charge in [-0.2, -0.15) is 0 Å². The molecule has 0 aliphatic heterocycles. The molecule has 1 aromatic rings. The standard InChI is InChI=1S/C11H14ClNO2/c1-7-4-5-8(6-9(7)12)13-10(14)11(2,3)15/h4-6,15H,1-3H3,(H,13,14). The molecule has 1 aromatic carbocycles. The number of anilines is 1. The molecule has 15 heavy (non-hydrogen) atoms. The average Bonchev–Trinajstić information content (AvgIpc) is 2.10. The van der Waals surface area contributed by atoms with Crippen LogP contribution >= 0.6 is 11.6 Å². The van der Waals surface area contributed by atoms with Crippen molar-refractivity contribution in [1.82, 2.24) is 0 Å². The van der Waals surface area contributed by atoms with Crippen molar-refractivity contribution in [3.63, 3.8) is 0 Å². The van der Waals surface area contributed by atoms with Gasteiger partial charge in [-0.05, 0) is 38.5 Å². The van der Waals surface area contributed by atoms with Crippen LogP contribution in [0, 0.1) is 6.92 Å². The summed E-state index contributed by atoms with van der Waals surface area (Å²) in [5.74, 6) is -0.456. The van der Waals surface area contributed by atoms with Crippen LogP contribution in [0.3, 0.4) is 0 Å². The second kappa shape index (κ2) is 4.21. The molecular weight excluding hydrogens is 214 g/mol. The first-order valence-electron chi connectivity index (χ1n) is 4.60. The summed E-state index contributed by atoms with van der Waals surface area (Å²) >= 11 is 5.90. The van der Waals surface area contributed by atoms with Crippen LogP contribution in [0.2, 0.25) is 5.02 Å². The van der Waals surface area contributed by atoms with Crippen LogP contribution in [0.1, 0.15) is 19.4 Å². The fourth-order valence-corrected chi connectivity index (χ4v) is 1.14. The van der Waals surface area contributed by atoms with Crippen molar-refractivity contribution < 1.29 is 9.90 Å². The lowest BCUT2D eigenvalue weighted by atomic mass is 10.1. The number of halogens is 1. The minimum absolute atomic E-state index is 0.456. The molecule has 0 aromatic heterocycles. The SMILES string of the molecule is Cc1ccc(NC(=O)C(C)(C)O)cc1Cl. The number of benzene rings is 1. The Morgan fingerprint density at radius 1 is 1.47 bits per heavy atom. The Labute approximate surface area is 94.1 Å². The molecule has 0 aliphatic carbocycles. The lowest BCUT2D eigenvalue weighted by Crippen LogP contribution is -2.36. The zero-order chi connectivity index (χ0) is 11.6. The summed E-state index contributed by atoms with van der Waals surface area (Å²) in [6, 6.07) is 5.20. The second-order valence-corrected chi connectivity index (χ2v) is 4.38. The van der Waals surface area contributed by atoms with E-state index in [2.05, 4.69) is 5.32 Å². The molecule has 82 valence electrons. The van der Waals surface area contributed by atoms with Crippen LogP contribution in [0.4, 0.5) is 5.69 Å². The number of nitrogens with one attached hydrogen (secondary N) is 1. The predicted octanol–water partition coefficient (Wildman–Crippen LogP) is 2.36. The van der Waals surface area contributed by atoms with E-state index in [9.17, 15) is 9.90 Å². The van der Waals surface area contributed by atoms with Crippen LogP contribution in [0.25, 0.3) is 0 Å². The first-order valence-corrected chi connectivity index (χ1v) is 4.98. The van der Waals surface area contributed by atoms with E-state index in [1.807, 2.05) is 13.0 Å². The zero-order valence-electron chi connectivity index (χ0n) is 8.97. The van der Waals surface area contributed by atoms with Gasteiger partial charge in [-0.3, -0.25) is 4.79 Å². The molecule has 1 rings (SSSR count). The minimum Gasteiger partial charge on any atom is -0.381 e. The molecule has 0 fully saturated rings. The van der Waals surface area contributed by atoms with E-state index in [0.29, 0.717) is 10.7 Å². The highest BCUT2D eigenvalue weighted by Crippen LogP contribution is 2.20. The summed E-state index contributed by atoms with van der Waals surface area (Å²) in [6.45, 7) is 4.74. The van der Waals surface area contributed by atoms with E-state index in [0.717, 1.165) is 5.56 Å². The van der Waals surface area contributed by atoms with Gasteiger partial charge in [-0.1, -0.05) is 17.7 Å². The van der Waals surface area contributed by atoms with Crippen molar-refractivity contribution in [3.05, 3.63) is 28.8 Å². The van der Waals surface area contributed by atoms with Crippen molar-refractivity contribution in [1.29, 1.82) is 0 Å². The summed E-state index contributed by atoms with van der Waals surface area (Å²) in [5, 5.41) is 12.6. The van der Waals surface area contributed by atoms with Crippen LogP contribution < -0.4 is 5.32 Å². The summed E-state index contributed by atoms with van der Waals surface area (Å²) in [4.78, 5) is 11.4. The van der Waals surface area contributed by atoms with Crippen LogP contribution in [-0.2, 0) is 4.79 Å². The maximum atomic E-state index is 11.4. The van der Waals surface area contributed by atoms with Gasteiger partial charge in [0.1, 0.15) is 5.60 Å². The summed E-state index contributed by atoms with van der Waals surface area (Å²) in [7, 11) is 0. The highest BCUT2D eigenvalue weighted by Gasteiger charge is 2.23. The topological polar surface area (TPSA) is 49.3 Å². The molecule has 0 spiro atoms. The fourth-order valence-electron chi connectivity index (χ4n) is 0.955. The normalized spacial score (nSPS) is 11.3. The monoisotopic (exact) mass is 227 g/mol. The number of aryl methyl sites for hydroxylation is 1. The lowest BCUT2D eigenvalue weighted by molar-refractivity contribution is -0.130. The smallest absolute Gasteiger partial charge is 0.255 e. The van der Waals surface area contributed by atoms with E-state index in [-0.39, 0.29) is 0 Å². The molecule has 0 saturated heterocycles. The Kier molecular flexibility index (Phi) is 3.37. The van der Waals surface area contributed by atoms with Crippen molar-refractivity contribution in [3.8, 4) is 0 Å². The van der Waals surface area contributed by atoms with Crippen molar-refractivity contribution in [2.45, 2.75) is 26.4 Å². The van der Waals surface area contributed by atoms with Crippen molar-refractivity contribution >= 4 is 23.2 Å². The summed E-state index contributed by atoms with van der Waals surface area (Å²) in [5.41, 5.74) is 0.132. The Morgan fingerprint density at radius 2 is 2.07 bits per heavy atom. The van der Waals surface area contributed by atoms with Gasteiger partial charge in [-0.15, -0.1) is 0 Å². The highest BCUT2D eigenvalue weighted by atomic mass is 35.5. The largest absolute Gasteiger partial charge is 0.381 e. The Hall–Kier alpha value is -1.06. The van der Waals surface area contributed by atoms with E-state index in [1.165, 1.54) is 13.8 Å². The first kappa shape index (κ1) is 12.0. The van der Waals surface area contributed by atoms with Crippen LogP contribution in [0.15, 0.2) is 18.2 Å². The van der Waals surface area contributed by atoms with Gasteiger partial charge in [0.05, 0.1) is 0 Å². The lowest BCUT2D eigenvalue weighted by Gasteiger charge is -2.16. The Morgan fingerprint density at radius 3 is 2.53 bits per heavy atom. The average molecular weight is 228 g/mol. The molecular formula is C11H14ClNO2. The molecule has 0 unspecified atom stereocenters. The van der Waals surface area contributed by atoms with Gasteiger partial charge >= 0.3 is 0 Å². The molecule has 4 heteroatoms. The first-order chi connectivity index (χ1) is 6.80. The molecule has 0 saturated carbocycles. The van der Waals surface area contributed by atoms with E-state index < -0.39 is 11.5 Å². The van der Waals surface area contributed by atoms with Gasteiger partial charge in [0, 0.05) is 10.7 Å². The quantitative estimate of drug-likeness (QED) is 0.815. The predicted molar refractivity (Wildman–Crippen MR) is 61.1 cm³/mol. The molecule has 3 nitrogen and oxygen atoms in total. The number of aliphatic hydroxyl groups is 1.